The number of halogens is 1. The molecule has 198 valence electrons. The second-order valence-corrected chi connectivity index (χ2v) is 10.3. The predicted molar refractivity (Wildman–Crippen MR) is 146 cm³/mol. The Hall–Kier alpha value is -4.45. The summed E-state index contributed by atoms with van der Waals surface area (Å²) in [5, 5.41) is 10.3. The number of nitrogens with one attached hydrogen (secondary N) is 3. The van der Waals surface area contributed by atoms with Gasteiger partial charge in [0.2, 0.25) is 5.91 Å². The number of pyridine rings is 3. The molecule has 39 heavy (non-hydrogen) atoms. The molecule has 2 aliphatic rings. The molecule has 0 unspecified atom stereocenters. The van der Waals surface area contributed by atoms with Gasteiger partial charge >= 0.3 is 0 Å². The van der Waals surface area contributed by atoms with E-state index in [2.05, 4.69) is 52.3 Å². The van der Waals surface area contributed by atoms with Crippen molar-refractivity contribution in [3.8, 4) is 22.6 Å². The van der Waals surface area contributed by atoms with Crippen LogP contribution in [-0.4, -0.2) is 79.2 Å². The molecule has 0 aromatic carbocycles. The fraction of sp³-hybridized carbons (Fsp3) is 0.333. The third-order valence-corrected chi connectivity index (χ3v) is 7.73. The van der Waals surface area contributed by atoms with Crippen LogP contribution in [0.15, 0.2) is 36.9 Å². The summed E-state index contributed by atoms with van der Waals surface area (Å²) in [6.07, 6.45) is 9.17. The van der Waals surface area contributed by atoms with Gasteiger partial charge in [-0.3, -0.25) is 14.9 Å². The van der Waals surface area contributed by atoms with Crippen molar-refractivity contribution in [3.63, 3.8) is 0 Å². The lowest BCUT2D eigenvalue weighted by Crippen LogP contribution is -2.44. The van der Waals surface area contributed by atoms with Crippen molar-refractivity contribution in [2.24, 2.45) is 5.92 Å². The lowest BCUT2D eigenvalue weighted by atomic mass is 9.85. The Morgan fingerprint density at radius 1 is 1.13 bits per heavy atom. The predicted octanol–water partition coefficient (Wildman–Crippen LogP) is 3.59. The number of fused-ring (bicyclic) bond motifs is 2. The van der Waals surface area contributed by atoms with Gasteiger partial charge in [-0.2, -0.15) is 5.10 Å². The number of rotatable bonds is 5. The third-order valence-electron chi connectivity index (χ3n) is 7.73. The maximum atomic E-state index is 16.1. The van der Waals surface area contributed by atoms with E-state index >= 15 is 4.39 Å². The summed E-state index contributed by atoms with van der Waals surface area (Å²) < 4.78 is 16.1. The van der Waals surface area contributed by atoms with E-state index < -0.39 is 5.82 Å². The standard InChI is InChI=1S/C27H27FN10O/c1-37-7-9-38(10-8-37)26-22-19(5-6-30-26)33-25(34-22)23-20-21(28)18(14-31-24(20)36-35-23)16-11-17(13-29-12-16)32-27(39)15-3-2-4-15/h5-6,11-15H,2-4,7-10H2,1H3,(H,32,39)(H,33,34)(H,31,35,36). The monoisotopic (exact) mass is 526 g/mol. The highest BCUT2D eigenvalue weighted by Crippen LogP contribution is 2.34. The molecule has 11 nitrogen and oxygen atoms in total. The molecule has 0 bridgehead atoms. The minimum absolute atomic E-state index is 0.0262. The normalized spacial score (nSPS) is 16.6. The molecule has 5 aromatic heterocycles. The summed E-state index contributed by atoms with van der Waals surface area (Å²) >= 11 is 0. The van der Waals surface area contributed by atoms with Crippen LogP contribution in [0.2, 0.25) is 0 Å². The second-order valence-electron chi connectivity index (χ2n) is 10.3. The molecule has 1 aliphatic carbocycles. The molecule has 1 saturated carbocycles. The fourth-order valence-corrected chi connectivity index (χ4v) is 5.18. The Morgan fingerprint density at radius 3 is 2.77 bits per heavy atom. The quantitative estimate of drug-likeness (QED) is 0.317. The lowest BCUT2D eigenvalue weighted by molar-refractivity contribution is -0.122. The number of hydrogen-bond donors (Lipinski definition) is 3. The number of H-pyrrole nitrogens is 2. The zero-order valence-corrected chi connectivity index (χ0v) is 21.4. The van der Waals surface area contributed by atoms with Gasteiger partial charge in [-0.25, -0.2) is 19.3 Å². The van der Waals surface area contributed by atoms with Crippen molar-refractivity contribution in [1.82, 2.24) is 40.0 Å². The van der Waals surface area contributed by atoms with Gasteiger partial charge in [-0.15, -0.1) is 0 Å². The van der Waals surface area contributed by atoms with E-state index in [1.807, 2.05) is 6.07 Å². The van der Waals surface area contributed by atoms with E-state index in [4.69, 9.17) is 4.98 Å². The number of nitrogens with zero attached hydrogens (tertiary/aromatic N) is 7. The molecule has 3 N–H and O–H groups in total. The van der Waals surface area contributed by atoms with Gasteiger partial charge in [0, 0.05) is 61.8 Å². The van der Waals surface area contributed by atoms with Crippen LogP contribution in [0, 0.1) is 11.7 Å². The highest BCUT2D eigenvalue weighted by molar-refractivity contribution is 5.97. The average molecular weight is 527 g/mol. The number of carbonyl (C=O) groups is 1. The number of amides is 1. The molecule has 6 heterocycles. The average Bonchev–Trinajstić information content (AvgIpc) is 3.53. The van der Waals surface area contributed by atoms with Crippen molar-refractivity contribution >= 4 is 39.5 Å². The van der Waals surface area contributed by atoms with Gasteiger partial charge in [0.05, 0.1) is 22.8 Å². The number of imidazole rings is 1. The summed E-state index contributed by atoms with van der Waals surface area (Å²) in [5.41, 5.74) is 3.47. The van der Waals surface area contributed by atoms with Crippen molar-refractivity contribution in [2.75, 3.05) is 43.4 Å². The van der Waals surface area contributed by atoms with Gasteiger partial charge in [0.15, 0.2) is 17.3 Å². The molecule has 1 aliphatic heterocycles. The Labute approximate surface area is 222 Å². The Bertz CT molecular complexity index is 1700. The topological polar surface area (TPSA) is 132 Å². The van der Waals surface area contributed by atoms with E-state index in [1.54, 1.807) is 24.7 Å². The number of piperazine rings is 1. The largest absolute Gasteiger partial charge is 0.352 e. The number of aromatic nitrogens is 7. The summed E-state index contributed by atoms with van der Waals surface area (Å²) in [4.78, 5) is 38.3. The molecule has 1 saturated heterocycles. The molecular weight excluding hydrogens is 499 g/mol. The Morgan fingerprint density at radius 2 is 1.97 bits per heavy atom. The van der Waals surface area contributed by atoms with Gasteiger partial charge in [-0.05, 0) is 32.0 Å². The first-order chi connectivity index (χ1) is 19.0. The molecule has 2 fully saturated rings. The first-order valence-electron chi connectivity index (χ1n) is 13.1. The van der Waals surface area contributed by atoms with Crippen LogP contribution in [-0.2, 0) is 4.79 Å². The number of aromatic amines is 2. The first kappa shape index (κ1) is 23.7. The van der Waals surface area contributed by atoms with Crippen LogP contribution >= 0.6 is 0 Å². The SMILES string of the molecule is CN1CCN(c2nccc3[nH]c(-c4[nH]nc5ncc(-c6cncc(NC(=O)C7CCC7)c6)c(F)c45)nc23)CC1. The van der Waals surface area contributed by atoms with Crippen LogP contribution in [0.25, 0.3) is 44.7 Å². The van der Waals surface area contributed by atoms with Crippen molar-refractivity contribution in [2.45, 2.75) is 19.3 Å². The summed E-state index contributed by atoms with van der Waals surface area (Å²) in [6, 6.07) is 3.57. The van der Waals surface area contributed by atoms with E-state index in [0.29, 0.717) is 22.8 Å². The van der Waals surface area contributed by atoms with Crippen LogP contribution < -0.4 is 10.2 Å². The molecule has 5 aromatic rings. The van der Waals surface area contributed by atoms with Crippen LogP contribution in [0.1, 0.15) is 19.3 Å². The van der Waals surface area contributed by atoms with Crippen LogP contribution in [0.5, 0.6) is 0 Å². The minimum Gasteiger partial charge on any atom is -0.352 e. The van der Waals surface area contributed by atoms with E-state index in [9.17, 15) is 4.79 Å². The number of hydrogen-bond acceptors (Lipinski definition) is 8. The highest BCUT2D eigenvalue weighted by atomic mass is 19.1. The molecule has 0 radical (unpaired) electrons. The maximum absolute atomic E-state index is 16.1. The zero-order chi connectivity index (χ0) is 26.5. The van der Waals surface area contributed by atoms with Crippen molar-refractivity contribution in [3.05, 3.63) is 42.7 Å². The molecule has 12 heteroatoms. The van der Waals surface area contributed by atoms with Gasteiger partial charge < -0.3 is 20.1 Å². The van der Waals surface area contributed by atoms with Gasteiger partial charge in [0.25, 0.3) is 0 Å². The minimum atomic E-state index is -0.495. The van der Waals surface area contributed by atoms with E-state index in [1.165, 1.54) is 6.20 Å². The van der Waals surface area contributed by atoms with Crippen molar-refractivity contribution in [1.29, 1.82) is 0 Å². The van der Waals surface area contributed by atoms with Gasteiger partial charge in [0.1, 0.15) is 17.0 Å². The second kappa shape index (κ2) is 9.38. The summed E-state index contributed by atoms with van der Waals surface area (Å²) in [5.74, 6) is 0.770. The van der Waals surface area contributed by atoms with Crippen molar-refractivity contribution < 1.29 is 9.18 Å². The first-order valence-corrected chi connectivity index (χ1v) is 13.1. The van der Waals surface area contributed by atoms with Crippen LogP contribution in [0.4, 0.5) is 15.9 Å². The lowest BCUT2D eigenvalue weighted by Gasteiger charge is -2.33. The fourth-order valence-electron chi connectivity index (χ4n) is 5.18. The molecule has 0 spiro atoms. The number of likely N-dealkylation sites (N-methyl/N-ethyl adjacent to an activating group) is 1. The highest BCUT2D eigenvalue weighted by Gasteiger charge is 2.26. The summed E-state index contributed by atoms with van der Waals surface area (Å²) in [6.45, 7) is 3.60. The molecule has 1 amide bonds. The smallest absolute Gasteiger partial charge is 0.227 e. The zero-order valence-electron chi connectivity index (χ0n) is 21.4. The Balaban J connectivity index is 1.26. The van der Waals surface area contributed by atoms with Gasteiger partial charge in [-0.1, -0.05) is 6.42 Å². The molecule has 7 rings (SSSR count). The van der Waals surface area contributed by atoms with E-state index in [-0.39, 0.29) is 28.4 Å². The molecule has 0 atom stereocenters. The third kappa shape index (κ3) is 4.16. The number of anilines is 2. The summed E-state index contributed by atoms with van der Waals surface area (Å²) in [7, 11) is 2.11. The maximum Gasteiger partial charge on any atom is 0.227 e. The number of carbonyl (C=O) groups excluding carboxylic acids is 1. The Kier molecular flexibility index (Phi) is 5.69. The molecular formula is C27H27FN10O. The van der Waals surface area contributed by atoms with E-state index in [0.717, 1.165) is 62.3 Å². The van der Waals surface area contributed by atoms with Crippen LogP contribution in [0.3, 0.4) is 0 Å².